The third-order valence-electron chi connectivity index (χ3n) is 13.0. The summed E-state index contributed by atoms with van der Waals surface area (Å²) in [4.78, 5) is 42.7. The summed E-state index contributed by atoms with van der Waals surface area (Å²) in [5.74, 6) is -2.10. The molecular weight excluding hydrogens is 727 g/mol. The lowest BCUT2D eigenvalue weighted by Crippen LogP contribution is -2.52. The summed E-state index contributed by atoms with van der Waals surface area (Å²) in [6.07, 6.45) is 2.76. The smallest absolute Gasteiger partial charge is 0.510 e. The lowest BCUT2D eigenvalue weighted by Gasteiger charge is -2.52. The molecule has 307 valence electrons. The minimum atomic E-state index is -1.19. The molecule has 0 spiro atoms. The molecule has 0 amide bonds. The zero-order valence-electron chi connectivity index (χ0n) is 35.5. The fourth-order valence-corrected chi connectivity index (χ4v) is 7.80. The van der Waals surface area contributed by atoms with Crippen LogP contribution in [-0.2, 0) is 39.8 Å². The lowest BCUT2D eigenvalue weighted by molar-refractivity contribution is -0.165. The molecule has 4 aromatic rings. The highest BCUT2D eigenvalue weighted by atomic mass is 16.7. The Bertz CT molecular complexity index is 1920. The normalized spacial score (nSPS) is 16.9. The molecule has 8 nitrogen and oxygen atoms in total. The Hall–Kier alpha value is -4.73. The first kappa shape index (κ1) is 44.4. The van der Waals surface area contributed by atoms with Crippen molar-refractivity contribution in [2.45, 2.75) is 106 Å². The van der Waals surface area contributed by atoms with E-state index in [2.05, 4.69) is 27.7 Å². The van der Waals surface area contributed by atoms with Crippen LogP contribution in [0.4, 0.5) is 0 Å². The van der Waals surface area contributed by atoms with E-state index in [0.29, 0.717) is 25.2 Å². The van der Waals surface area contributed by atoms with Crippen molar-refractivity contribution in [1.29, 1.82) is 0 Å². The molecule has 0 saturated carbocycles. The van der Waals surface area contributed by atoms with Crippen molar-refractivity contribution >= 4 is 25.6 Å². The molecule has 1 fully saturated rings. The monoisotopic (exact) mass is 787 g/mol. The van der Waals surface area contributed by atoms with E-state index in [-0.39, 0.29) is 19.0 Å². The lowest BCUT2D eigenvalue weighted by atomic mass is 9.51. The number of hydrogen-bond acceptors (Lipinski definition) is 8. The third-order valence-corrected chi connectivity index (χ3v) is 13.0. The van der Waals surface area contributed by atoms with Gasteiger partial charge in [0.2, 0.25) is 0 Å². The van der Waals surface area contributed by atoms with Gasteiger partial charge in [-0.25, -0.2) is 0 Å². The van der Waals surface area contributed by atoms with E-state index in [9.17, 15) is 14.4 Å². The summed E-state index contributed by atoms with van der Waals surface area (Å²) < 4.78 is 29.1. The molecule has 9 heteroatoms. The Morgan fingerprint density at radius 1 is 0.724 bits per heavy atom. The summed E-state index contributed by atoms with van der Waals surface area (Å²) in [5.41, 5.74) is 0.371. The van der Waals surface area contributed by atoms with Crippen LogP contribution >= 0.6 is 0 Å². The molecule has 4 atom stereocenters. The maximum atomic E-state index is 15.0. The van der Waals surface area contributed by atoms with Crippen molar-refractivity contribution < 1.29 is 37.9 Å². The standard InChI is InChI=1S/C49H60BO8/c1-35(43(51)55-33-36-20-12-9-13-21-36)48(6,7)47(4,5)34-49(8,45(53)56-40-29-27-38(28-30-40)37-22-14-10-15-23-37)46(2,3)32-41(39-24-16-11-17-25-39)44(52)58-50-57-42-26-18-19-31-54-42/h9-17,20-25,27-30,35,41-42H,18-19,26,31-34H2,1-8H3. The molecule has 1 heterocycles. The summed E-state index contributed by atoms with van der Waals surface area (Å²) in [7, 11) is 1.08. The highest BCUT2D eigenvalue weighted by molar-refractivity contribution is 6.22. The van der Waals surface area contributed by atoms with Gasteiger partial charge in [0.15, 0.2) is 0 Å². The van der Waals surface area contributed by atoms with E-state index in [1.165, 1.54) is 0 Å². The van der Waals surface area contributed by atoms with E-state index in [1.807, 2.05) is 143 Å². The Balaban J connectivity index is 1.44. The Morgan fingerprint density at radius 3 is 1.91 bits per heavy atom. The SMILES string of the molecule is CC(C(=O)OCc1ccccc1)C(C)(C)C(C)(C)CC(C)(C(=O)Oc1ccc(-c2ccccc2)cc1)C(C)(C)CC(C(=O)O[B]OC1CCCCO1)c1ccccc1. The molecular formula is C49H60BO8. The molecule has 0 bridgehead atoms. The minimum Gasteiger partial charge on any atom is -0.510 e. The van der Waals surface area contributed by atoms with Crippen LogP contribution in [0.25, 0.3) is 11.1 Å². The summed E-state index contributed by atoms with van der Waals surface area (Å²) in [5, 5.41) is 0. The second kappa shape index (κ2) is 19.4. The number of esters is 2. The van der Waals surface area contributed by atoms with Gasteiger partial charge in [-0.05, 0) is 89.7 Å². The van der Waals surface area contributed by atoms with Crippen LogP contribution < -0.4 is 4.74 Å². The van der Waals surface area contributed by atoms with E-state index in [4.69, 9.17) is 23.5 Å². The van der Waals surface area contributed by atoms with Crippen LogP contribution in [0.2, 0.25) is 0 Å². The molecule has 1 aliphatic rings. The Kier molecular flexibility index (Phi) is 14.8. The molecule has 1 saturated heterocycles. The Morgan fingerprint density at radius 2 is 1.31 bits per heavy atom. The van der Waals surface area contributed by atoms with Crippen molar-refractivity contribution in [2.24, 2.45) is 27.6 Å². The van der Waals surface area contributed by atoms with Crippen LogP contribution in [-0.4, -0.2) is 38.5 Å². The van der Waals surface area contributed by atoms with Crippen molar-refractivity contribution in [3.05, 3.63) is 126 Å². The average molecular weight is 788 g/mol. The predicted octanol–water partition coefficient (Wildman–Crippen LogP) is 10.9. The summed E-state index contributed by atoms with van der Waals surface area (Å²) in [6, 6.07) is 36.6. The fourth-order valence-electron chi connectivity index (χ4n) is 7.80. The fraction of sp³-hybridized carbons (Fsp3) is 0.449. The molecule has 1 radical (unpaired) electrons. The molecule has 58 heavy (non-hydrogen) atoms. The van der Waals surface area contributed by atoms with E-state index in [0.717, 1.165) is 42.8 Å². The van der Waals surface area contributed by atoms with Gasteiger partial charge in [0.25, 0.3) is 5.97 Å². The van der Waals surface area contributed by atoms with Gasteiger partial charge >= 0.3 is 19.6 Å². The highest BCUT2D eigenvalue weighted by Crippen LogP contribution is 2.58. The van der Waals surface area contributed by atoms with Gasteiger partial charge in [0.05, 0.1) is 17.3 Å². The van der Waals surface area contributed by atoms with Crippen LogP contribution in [0.5, 0.6) is 5.75 Å². The zero-order chi connectivity index (χ0) is 42.0. The van der Waals surface area contributed by atoms with Gasteiger partial charge in [0.1, 0.15) is 18.6 Å². The quantitative estimate of drug-likeness (QED) is 0.0559. The van der Waals surface area contributed by atoms with Gasteiger partial charge < -0.3 is 23.5 Å². The number of ether oxygens (including phenoxy) is 3. The summed E-state index contributed by atoms with van der Waals surface area (Å²) >= 11 is 0. The number of rotatable bonds is 18. The third kappa shape index (κ3) is 10.9. The van der Waals surface area contributed by atoms with Gasteiger partial charge in [-0.15, -0.1) is 0 Å². The first-order valence-electron chi connectivity index (χ1n) is 20.5. The average Bonchev–Trinajstić information content (AvgIpc) is 3.23. The van der Waals surface area contributed by atoms with Crippen LogP contribution in [0.3, 0.4) is 0 Å². The molecule has 4 unspecified atom stereocenters. The predicted molar refractivity (Wildman–Crippen MR) is 227 cm³/mol. The largest absolute Gasteiger partial charge is 0.576 e. The number of carbonyl (C=O) groups is 3. The van der Waals surface area contributed by atoms with Crippen LogP contribution in [0.15, 0.2) is 115 Å². The van der Waals surface area contributed by atoms with E-state index >= 15 is 0 Å². The molecule has 0 N–H and O–H groups in total. The van der Waals surface area contributed by atoms with Crippen LogP contribution in [0, 0.1) is 27.6 Å². The maximum Gasteiger partial charge on any atom is 0.576 e. The van der Waals surface area contributed by atoms with Crippen LogP contribution in [0.1, 0.15) is 105 Å². The van der Waals surface area contributed by atoms with Crippen molar-refractivity contribution in [2.75, 3.05) is 6.61 Å². The first-order chi connectivity index (χ1) is 27.5. The number of carbonyl (C=O) groups excluding carboxylic acids is 3. The topological polar surface area (TPSA) is 97.4 Å². The maximum absolute atomic E-state index is 15.0. The summed E-state index contributed by atoms with van der Waals surface area (Å²) in [6.45, 7) is 16.9. The van der Waals surface area contributed by atoms with E-state index in [1.54, 1.807) is 0 Å². The number of hydrogen-bond donors (Lipinski definition) is 0. The second-order valence-electron chi connectivity index (χ2n) is 17.7. The minimum absolute atomic E-state index is 0.174. The van der Waals surface area contributed by atoms with Gasteiger partial charge in [-0.1, -0.05) is 152 Å². The Labute approximate surface area is 346 Å². The van der Waals surface area contributed by atoms with Crippen molar-refractivity contribution in [3.8, 4) is 16.9 Å². The molecule has 1 aliphatic heterocycles. The zero-order valence-corrected chi connectivity index (χ0v) is 35.5. The number of benzene rings is 4. The molecule has 4 aromatic carbocycles. The molecule has 5 rings (SSSR count). The second-order valence-corrected chi connectivity index (χ2v) is 17.7. The molecule has 0 aliphatic carbocycles. The first-order valence-corrected chi connectivity index (χ1v) is 20.5. The highest BCUT2D eigenvalue weighted by Gasteiger charge is 2.56. The van der Waals surface area contributed by atoms with Gasteiger partial charge in [-0.3, -0.25) is 14.4 Å². The van der Waals surface area contributed by atoms with Crippen molar-refractivity contribution in [3.63, 3.8) is 0 Å². The van der Waals surface area contributed by atoms with Crippen molar-refractivity contribution in [1.82, 2.24) is 0 Å². The van der Waals surface area contributed by atoms with Gasteiger partial charge in [0, 0.05) is 6.61 Å². The van der Waals surface area contributed by atoms with E-state index < -0.39 is 51.7 Å². The van der Waals surface area contributed by atoms with Gasteiger partial charge in [-0.2, -0.15) is 0 Å². The molecule has 0 aromatic heterocycles.